The molecule has 0 saturated carbocycles. The highest BCUT2D eigenvalue weighted by atomic mass is 35.5. The number of fused-ring (bicyclic) bond motifs is 1. The molecule has 0 aliphatic carbocycles. The quantitative estimate of drug-likeness (QED) is 0.425. The van der Waals surface area contributed by atoms with E-state index in [1.54, 1.807) is 11.3 Å². The number of furan rings is 1. The minimum atomic E-state index is 0.725. The number of hydrogen-bond acceptors (Lipinski definition) is 2. The lowest BCUT2D eigenvalue weighted by molar-refractivity contribution is -0.642. The normalized spacial score (nSPS) is 11.6. The number of aryl methyl sites for hydroxylation is 1. The van der Waals surface area contributed by atoms with Crippen molar-refractivity contribution in [2.24, 2.45) is 7.05 Å². The van der Waals surface area contributed by atoms with E-state index in [1.807, 2.05) is 42.5 Å². The van der Waals surface area contributed by atoms with Gasteiger partial charge in [-0.1, -0.05) is 35.1 Å². The van der Waals surface area contributed by atoms with Crippen molar-refractivity contribution in [1.29, 1.82) is 0 Å². The van der Waals surface area contributed by atoms with Crippen LogP contribution >= 0.6 is 22.9 Å². The Kier molecular flexibility index (Phi) is 3.97. The molecule has 2 aromatic carbocycles. The van der Waals surface area contributed by atoms with Gasteiger partial charge in [-0.3, -0.25) is 0 Å². The molecule has 2 nitrogen and oxygen atoms in total. The summed E-state index contributed by atoms with van der Waals surface area (Å²) in [5, 5.41) is 1.91. The highest BCUT2D eigenvalue weighted by Crippen LogP contribution is 2.25. The van der Waals surface area contributed by atoms with E-state index >= 15 is 0 Å². The fraction of sp³-hybridized carbons (Fsp3) is 0.0500. The summed E-state index contributed by atoms with van der Waals surface area (Å²) in [6.07, 6.45) is 4.10. The topological polar surface area (TPSA) is 17.0 Å². The van der Waals surface area contributed by atoms with Gasteiger partial charge >= 0.3 is 0 Å². The molecule has 4 heteroatoms. The lowest BCUT2D eigenvalue weighted by Crippen LogP contribution is -2.28. The molecule has 0 fully saturated rings. The maximum absolute atomic E-state index is 5.93. The van der Waals surface area contributed by atoms with Crippen LogP contribution in [0.1, 0.15) is 10.8 Å². The van der Waals surface area contributed by atoms with Gasteiger partial charge in [-0.05, 0) is 48.5 Å². The van der Waals surface area contributed by atoms with Crippen LogP contribution in [0.3, 0.4) is 0 Å². The van der Waals surface area contributed by atoms with E-state index in [0.29, 0.717) is 0 Å². The molecule has 0 unspecified atom stereocenters. The molecule has 0 atom stereocenters. The fourth-order valence-electron chi connectivity index (χ4n) is 2.63. The Hall–Kier alpha value is -2.36. The number of thiazole rings is 1. The van der Waals surface area contributed by atoms with Gasteiger partial charge in [0, 0.05) is 22.7 Å². The van der Waals surface area contributed by atoms with Crippen molar-refractivity contribution in [2.45, 2.75) is 0 Å². The summed E-state index contributed by atoms with van der Waals surface area (Å²) >= 11 is 7.69. The summed E-state index contributed by atoms with van der Waals surface area (Å²) in [6, 6.07) is 20.0. The first kappa shape index (κ1) is 15.2. The lowest BCUT2D eigenvalue weighted by Gasteiger charge is -1.96. The monoisotopic (exact) mass is 352 g/mol. The van der Waals surface area contributed by atoms with E-state index < -0.39 is 0 Å². The van der Waals surface area contributed by atoms with Crippen LogP contribution in [0.2, 0.25) is 5.02 Å². The predicted molar refractivity (Wildman–Crippen MR) is 101 cm³/mol. The Morgan fingerprint density at radius 2 is 1.75 bits per heavy atom. The van der Waals surface area contributed by atoms with E-state index in [1.165, 1.54) is 15.2 Å². The van der Waals surface area contributed by atoms with Crippen LogP contribution in [0.25, 0.3) is 33.7 Å². The molecule has 0 spiro atoms. The van der Waals surface area contributed by atoms with Gasteiger partial charge in [0.05, 0.1) is 0 Å². The highest BCUT2D eigenvalue weighted by Gasteiger charge is 2.13. The van der Waals surface area contributed by atoms with Crippen molar-refractivity contribution in [3.8, 4) is 11.3 Å². The van der Waals surface area contributed by atoms with Gasteiger partial charge in [-0.2, -0.15) is 4.57 Å². The Balaban J connectivity index is 1.62. The van der Waals surface area contributed by atoms with E-state index in [0.717, 1.165) is 22.1 Å². The second-order valence-electron chi connectivity index (χ2n) is 5.51. The van der Waals surface area contributed by atoms with Crippen molar-refractivity contribution < 1.29 is 8.98 Å². The zero-order valence-corrected chi connectivity index (χ0v) is 14.6. The standard InChI is InChI=1S/C20H15ClNOS/c1-22-17-4-2-3-5-19(17)24-20(22)13-11-16-10-12-18(23-16)14-6-8-15(21)9-7-14/h2-13H,1H3/q+1/b13-11+. The summed E-state index contributed by atoms with van der Waals surface area (Å²) in [5.41, 5.74) is 2.26. The summed E-state index contributed by atoms with van der Waals surface area (Å²) in [4.78, 5) is 0. The van der Waals surface area contributed by atoms with E-state index in [2.05, 4.69) is 42.0 Å². The molecule has 0 N–H and O–H groups in total. The van der Waals surface area contributed by atoms with Crippen molar-refractivity contribution in [3.05, 3.63) is 76.5 Å². The summed E-state index contributed by atoms with van der Waals surface area (Å²) < 4.78 is 9.38. The zero-order chi connectivity index (χ0) is 16.5. The summed E-state index contributed by atoms with van der Waals surface area (Å²) in [6.45, 7) is 0. The molecule has 2 heterocycles. The van der Waals surface area contributed by atoms with Crippen molar-refractivity contribution in [2.75, 3.05) is 0 Å². The molecule has 0 radical (unpaired) electrons. The number of aromatic nitrogens is 1. The van der Waals surface area contributed by atoms with Crippen LogP contribution in [0.5, 0.6) is 0 Å². The van der Waals surface area contributed by atoms with Crippen LogP contribution < -0.4 is 4.57 Å². The van der Waals surface area contributed by atoms with E-state index in [9.17, 15) is 0 Å². The third-order valence-corrected chi connectivity index (χ3v) is 5.35. The molecule has 0 saturated heterocycles. The smallest absolute Gasteiger partial charge is 0.262 e. The van der Waals surface area contributed by atoms with Gasteiger partial charge in [-0.15, -0.1) is 0 Å². The number of hydrogen-bond donors (Lipinski definition) is 0. The Morgan fingerprint density at radius 1 is 0.958 bits per heavy atom. The van der Waals surface area contributed by atoms with E-state index in [-0.39, 0.29) is 0 Å². The second kappa shape index (κ2) is 6.27. The molecule has 118 valence electrons. The van der Waals surface area contributed by atoms with Gasteiger partial charge in [0.1, 0.15) is 23.3 Å². The fourth-order valence-corrected chi connectivity index (χ4v) is 3.81. The molecule has 4 rings (SSSR count). The molecule has 2 aromatic heterocycles. The van der Waals surface area contributed by atoms with Gasteiger partial charge in [0.15, 0.2) is 0 Å². The maximum atomic E-state index is 5.93. The first-order chi connectivity index (χ1) is 11.7. The minimum absolute atomic E-state index is 0.725. The molecule has 0 amide bonds. The van der Waals surface area contributed by atoms with Gasteiger partial charge in [0.25, 0.3) is 5.01 Å². The third kappa shape index (κ3) is 2.88. The third-order valence-electron chi connectivity index (χ3n) is 3.92. The van der Waals surface area contributed by atoms with Gasteiger partial charge in [-0.25, -0.2) is 0 Å². The van der Waals surface area contributed by atoms with Crippen molar-refractivity contribution in [3.63, 3.8) is 0 Å². The number of nitrogens with zero attached hydrogens (tertiary/aromatic N) is 1. The SMILES string of the molecule is C[n+]1c(/C=C/c2ccc(-c3ccc(Cl)cc3)o2)sc2ccccc21. The first-order valence-corrected chi connectivity index (χ1v) is 8.81. The molecule has 4 aromatic rings. The summed E-state index contributed by atoms with van der Waals surface area (Å²) in [7, 11) is 2.08. The van der Waals surface area contributed by atoms with Crippen LogP contribution in [-0.2, 0) is 7.05 Å². The van der Waals surface area contributed by atoms with Gasteiger partial charge < -0.3 is 4.42 Å². The molecule has 0 aliphatic heterocycles. The average molecular weight is 353 g/mol. The largest absolute Gasteiger partial charge is 0.457 e. The molecule has 0 aliphatic rings. The predicted octanol–water partition coefficient (Wildman–Crippen LogP) is 5.81. The lowest BCUT2D eigenvalue weighted by atomic mass is 10.2. The molecule has 24 heavy (non-hydrogen) atoms. The Bertz CT molecular complexity index is 1030. The van der Waals surface area contributed by atoms with Crippen LogP contribution in [0, 0.1) is 0 Å². The number of halogens is 1. The van der Waals surface area contributed by atoms with Crippen LogP contribution in [-0.4, -0.2) is 0 Å². The van der Waals surface area contributed by atoms with Gasteiger partial charge in [0.2, 0.25) is 5.52 Å². The minimum Gasteiger partial charge on any atom is -0.457 e. The second-order valence-corrected chi connectivity index (χ2v) is 7.01. The molecular formula is C20H15ClNOS+. The first-order valence-electron chi connectivity index (χ1n) is 7.62. The number of rotatable bonds is 3. The number of para-hydroxylation sites is 1. The average Bonchev–Trinajstić information content (AvgIpc) is 3.19. The van der Waals surface area contributed by atoms with Crippen molar-refractivity contribution in [1.82, 2.24) is 0 Å². The van der Waals surface area contributed by atoms with Crippen LogP contribution in [0.4, 0.5) is 0 Å². The highest BCUT2D eigenvalue weighted by molar-refractivity contribution is 7.18. The molecule has 0 bridgehead atoms. The Morgan fingerprint density at radius 3 is 2.54 bits per heavy atom. The molecular weight excluding hydrogens is 338 g/mol. The summed E-state index contributed by atoms with van der Waals surface area (Å²) in [5.74, 6) is 1.67. The van der Waals surface area contributed by atoms with Crippen molar-refractivity contribution >= 4 is 45.3 Å². The van der Waals surface area contributed by atoms with E-state index in [4.69, 9.17) is 16.0 Å². The van der Waals surface area contributed by atoms with Crippen LogP contribution in [0.15, 0.2) is 65.1 Å². The number of benzene rings is 2. The zero-order valence-electron chi connectivity index (χ0n) is 13.1. The maximum Gasteiger partial charge on any atom is 0.262 e. The Labute approximate surface area is 149 Å².